The minimum Gasteiger partial charge on any atom is -0.488 e. The second kappa shape index (κ2) is 10.4. The van der Waals surface area contributed by atoms with Crippen LogP contribution < -0.4 is 25.0 Å². The van der Waals surface area contributed by atoms with Crippen LogP contribution in [0.2, 0.25) is 0 Å². The van der Waals surface area contributed by atoms with Crippen LogP contribution in [0.5, 0.6) is 11.6 Å². The third-order valence-corrected chi connectivity index (χ3v) is 8.64. The summed E-state index contributed by atoms with van der Waals surface area (Å²) >= 11 is 0. The number of ether oxygens (including phenoxy) is 3. The standard InChI is InChI=1S/C25H29FN6O7S/c1-40(35,36)31-10-18(11-31)38-17-6-15-4-14(5-19(15)20(26)7-17)8-27-3-2-16-12-32(25(34)39-16)21-9-28-24-23(29-21)30-22(33)13-37-24/h6-7,9,14,16,18,27H,2-5,8,10-13H2,1H3,(H,29,30,33). The van der Waals surface area contributed by atoms with E-state index in [9.17, 15) is 22.4 Å². The Kier molecular flexibility index (Phi) is 6.96. The fourth-order valence-electron chi connectivity index (χ4n) is 5.32. The zero-order valence-corrected chi connectivity index (χ0v) is 22.6. The Morgan fingerprint density at radius 2 is 2.05 bits per heavy atom. The Morgan fingerprint density at radius 3 is 2.85 bits per heavy atom. The van der Waals surface area contributed by atoms with Crippen molar-refractivity contribution in [2.45, 2.75) is 31.5 Å². The molecule has 2 atom stereocenters. The van der Waals surface area contributed by atoms with Crippen LogP contribution in [0, 0.1) is 11.7 Å². The molecule has 1 aromatic carbocycles. The molecule has 15 heteroatoms. The van der Waals surface area contributed by atoms with Crippen LogP contribution in [0.4, 0.5) is 20.8 Å². The van der Waals surface area contributed by atoms with Gasteiger partial charge in [-0.2, -0.15) is 4.31 Å². The molecule has 1 aliphatic carbocycles. The fourth-order valence-corrected chi connectivity index (χ4v) is 6.19. The lowest BCUT2D eigenvalue weighted by atomic mass is 10.1. The van der Waals surface area contributed by atoms with E-state index < -0.39 is 16.1 Å². The van der Waals surface area contributed by atoms with Gasteiger partial charge < -0.3 is 24.8 Å². The zero-order chi connectivity index (χ0) is 28.0. The maximum absolute atomic E-state index is 14.8. The van der Waals surface area contributed by atoms with Gasteiger partial charge in [0.2, 0.25) is 10.0 Å². The molecular weight excluding hydrogens is 547 g/mol. The van der Waals surface area contributed by atoms with Crippen molar-refractivity contribution >= 4 is 33.7 Å². The lowest BCUT2D eigenvalue weighted by Gasteiger charge is -2.37. The molecule has 2 amide bonds. The number of carbonyl (C=O) groups excluding carboxylic acids is 2. The second-order valence-electron chi connectivity index (χ2n) is 10.5. The molecule has 0 bridgehead atoms. The number of nitrogens with one attached hydrogen (secondary N) is 2. The maximum Gasteiger partial charge on any atom is 0.415 e. The maximum atomic E-state index is 14.8. The van der Waals surface area contributed by atoms with E-state index in [1.165, 1.54) is 21.5 Å². The highest BCUT2D eigenvalue weighted by molar-refractivity contribution is 7.88. The molecule has 6 rings (SSSR count). The van der Waals surface area contributed by atoms with Crippen LogP contribution in [0.3, 0.4) is 0 Å². The monoisotopic (exact) mass is 576 g/mol. The number of benzene rings is 1. The van der Waals surface area contributed by atoms with Crippen LogP contribution in [-0.4, -0.2) is 92.5 Å². The molecule has 2 fully saturated rings. The molecule has 1 aromatic heterocycles. The summed E-state index contributed by atoms with van der Waals surface area (Å²) in [6.07, 6.45) is 3.32. The first-order chi connectivity index (χ1) is 19.1. The first-order valence-corrected chi connectivity index (χ1v) is 14.9. The Balaban J connectivity index is 0.953. The number of hydrogen-bond acceptors (Lipinski definition) is 10. The number of aromatic nitrogens is 2. The van der Waals surface area contributed by atoms with Crippen molar-refractivity contribution in [2.75, 3.05) is 55.8 Å². The molecule has 40 heavy (non-hydrogen) atoms. The summed E-state index contributed by atoms with van der Waals surface area (Å²) in [4.78, 5) is 33.7. The number of fused-ring (bicyclic) bond motifs is 2. The summed E-state index contributed by atoms with van der Waals surface area (Å²) in [5.74, 6) is 0.636. The second-order valence-corrected chi connectivity index (χ2v) is 12.4. The largest absolute Gasteiger partial charge is 0.488 e. The molecule has 214 valence electrons. The summed E-state index contributed by atoms with van der Waals surface area (Å²) in [5.41, 5.74) is 1.60. The number of amides is 2. The summed E-state index contributed by atoms with van der Waals surface area (Å²) < 4.78 is 55.7. The number of cyclic esters (lactones) is 1. The van der Waals surface area contributed by atoms with E-state index in [1.807, 2.05) is 6.07 Å². The van der Waals surface area contributed by atoms with Crippen LogP contribution in [-0.2, 0) is 32.4 Å². The van der Waals surface area contributed by atoms with Crippen LogP contribution in [0.1, 0.15) is 17.5 Å². The van der Waals surface area contributed by atoms with Gasteiger partial charge in [-0.25, -0.2) is 27.6 Å². The lowest BCUT2D eigenvalue weighted by molar-refractivity contribution is -0.118. The molecule has 13 nitrogen and oxygen atoms in total. The average Bonchev–Trinajstić information content (AvgIpc) is 3.45. The summed E-state index contributed by atoms with van der Waals surface area (Å²) in [6.45, 7) is 1.99. The Hall–Kier alpha value is -3.56. The topological polar surface area (TPSA) is 152 Å². The van der Waals surface area contributed by atoms with Gasteiger partial charge in [-0.15, -0.1) is 0 Å². The average molecular weight is 577 g/mol. The first-order valence-electron chi connectivity index (χ1n) is 13.0. The predicted molar refractivity (Wildman–Crippen MR) is 139 cm³/mol. The van der Waals surface area contributed by atoms with Gasteiger partial charge in [-0.1, -0.05) is 0 Å². The number of carbonyl (C=O) groups is 2. The third-order valence-electron chi connectivity index (χ3n) is 7.40. The van der Waals surface area contributed by atoms with Crippen molar-refractivity contribution in [3.05, 3.63) is 35.3 Å². The predicted octanol–water partition coefficient (Wildman–Crippen LogP) is 0.689. The minimum atomic E-state index is -3.23. The molecule has 0 radical (unpaired) electrons. The van der Waals surface area contributed by atoms with Gasteiger partial charge in [0.1, 0.15) is 23.8 Å². The molecule has 4 aliphatic rings. The van der Waals surface area contributed by atoms with E-state index in [0.29, 0.717) is 50.2 Å². The van der Waals surface area contributed by atoms with Gasteiger partial charge in [0, 0.05) is 6.07 Å². The summed E-state index contributed by atoms with van der Waals surface area (Å²) in [5, 5.41) is 5.96. The van der Waals surface area contributed by atoms with E-state index in [4.69, 9.17) is 14.2 Å². The lowest BCUT2D eigenvalue weighted by Crippen LogP contribution is -2.55. The smallest absolute Gasteiger partial charge is 0.415 e. The zero-order valence-electron chi connectivity index (χ0n) is 21.8. The summed E-state index contributed by atoms with van der Waals surface area (Å²) in [7, 11) is -3.23. The number of nitrogens with zero attached hydrogens (tertiary/aromatic N) is 4. The number of halogens is 1. The molecular formula is C25H29FN6O7S. The van der Waals surface area contributed by atoms with Crippen molar-refractivity contribution in [3.63, 3.8) is 0 Å². The van der Waals surface area contributed by atoms with E-state index in [2.05, 4.69) is 20.6 Å². The van der Waals surface area contributed by atoms with Crippen molar-refractivity contribution in [1.82, 2.24) is 19.6 Å². The SMILES string of the molecule is CS(=O)(=O)N1CC(Oc2cc(F)c3c(c2)CC(CNCCC2CN(c4cnc5c(n4)NC(=O)CO5)C(=O)O2)C3)C1. The molecule has 3 aliphatic heterocycles. The normalized spacial score (nSPS) is 22.7. The Bertz CT molecular complexity index is 1450. The highest BCUT2D eigenvalue weighted by Gasteiger charge is 2.36. The van der Waals surface area contributed by atoms with Crippen molar-refractivity contribution in [3.8, 4) is 11.6 Å². The van der Waals surface area contributed by atoms with Crippen molar-refractivity contribution < 1.29 is 36.6 Å². The van der Waals surface area contributed by atoms with Gasteiger partial charge in [-0.3, -0.25) is 9.69 Å². The highest BCUT2D eigenvalue weighted by Crippen LogP contribution is 2.33. The first kappa shape index (κ1) is 26.7. The van der Waals surface area contributed by atoms with E-state index in [1.54, 1.807) is 0 Å². The molecule has 2 aromatic rings. The fraction of sp³-hybridized carbons (Fsp3) is 0.520. The van der Waals surface area contributed by atoms with Crippen molar-refractivity contribution in [1.29, 1.82) is 0 Å². The Morgan fingerprint density at radius 1 is 1.23 bits per heavy atom. The van der Waals surface area contributed by atoms with Crippen LogP contribution >= 0.6 is 0 Å². The van der Waals surface area contributed by atoms with Crippen LogP contribution in [0.15, 0.2) is 18.3 Å². The minimum absolute atomic E-state index is 0.131. The van der Waals surface area contributed by atoms with E-state index in [-0.39, 0.29) is 67.1 Å². The van der Waals surface area contributed by atoms with Crippen LogP contribution in [0.25, 0.3) is 0 Å². The highest BCUT2D eigenvalue weighted by atomic mass is 32.2. The molecule has 0 saturated carbocycles. The molecule has 4 heterocycles. The van der Waals surface area contributed by atoms with E-state index in [0.717, 1.165) is 11.8 Å². The number of hydrogen-bond donors (Lipinski definition) is 2. The van der Waals surface area contributed by atoms with Gasteiger partial charge in [-0.05, 0) is 55.5 Å². The third kappa shape index (κ3) is 5.53. The number of anilines is 2. The van der Waals surface area contributed by atoms with Gasteiger partial charge in [0.15, 0.2) is 18.2 Å². The summed E-state index contributed by atoms with van der Waals surface area (Å²) in [6, 6.07) is 3.24. The molecule has 0 spiro atoms. The van der Waals surface area contributed by atoms with E-state index >= 15 is 0 Å². The number of rotatable bonds is 9. The Labute approximate surface area is 230 Å². The number of sulfonamides is 1. The van der Waals surface area contributed by atoms with Crippen molar-refractivity contribution in [2.24, 2.45) is 5.92 Å². The molecule has 2 saturated heterocycles. The van der Waals surface area contributed by atoms with Gasteiger partial charge in [0.05, 0.1) is 32.1 Å². The quantitative estimate of drug-likeness (QED) is 0.408. The molecule has 2 N–H and O–H groups in total. The van der Waals surface area contributed by atoms with Gasteiger partial charge in [0.25, 0.3) is 11.8 Å². The van der Waals surface area contributed by atoms with Gasteiger partial charge >= 0.3 is 6.09 Å². The molecule has 2 unspecified atom stereocenters.